The molecule has 7 nitrogen and oxygen atoms in total. The van der Waals surface area contributed by atoms with E-state index in [4.69, 9.17) is 9.47 Å². The molecule has 2 aliphatic rings. The Hall–Kier alpha value is -1.64. The van der Waals surface area contributed by atoms with E-state index in [1.807, 2.05) is 13.0 Å². The molecule has 1 aromatic rings. The van der Waals surface area contributed by atoms with E-state index in [0.29, 0.717) is 31.7 Å². The van der Waals surface area contributed by atoms with Crippen molar-refractivity contribution in [1.82, 2.24) is 9.62 Å². The molecule has 8 heteroatoms. The third-order valence-corrected chi connectivity index (χ3v) is 7.11. The lowest BCUT2D eigenvalue weighted by Gasteiger charge is -2.31. The Morgan fingerprint density at radius 2 is 2.15 bits per heavy atom. The fourth-order valence-corrected chi connectivity index (χ4v) is 5.43. The van der Waals surface area contributed by atoms with Crippen molar-refractivity contribution in [3.8, 4) is 5.75 Å². The van der Waals surface area contributed by atoms with Crippen LogP contribution in [0.5, 0.6) is 5.75 Å². The normalized spacial score (nSPS) is 23.9. The topological polar surface area (TPSA) is 84.9 Å². The average molecular weight is 397 g/mol. The van der Waals surface area contributed by atoms with Gasteiger partial charge in [0.05, 0.1) is 19.1 Å². The number of benzene rings is 1. The highest BCUT2D eigenvalue weighted by Gasteiger charge is 2.35. The average Bonchev–Trinajstić information content (AvgIpc) is 3.19. The molecule has 3 rings (SSSR count). The van der Waals surface area contributed by atoms with Gasteiger partial charge in [-0.2, -0.15) is 4.31 Å². The third kappa shape index (κ3) is 4.62. The number of rotatable bonds is 6. The zero-order chi connectivity index (χ0) is 19.4. The van der Waals surface area contributed by atoms with Gasteiger partial charge in [0, 0.05) is 26.2 Å². The van der Waals surface area contributed by atoms with E-state index >= 15 is 0 Å². The summed E-state index contributed by atoms with van der Waals surface area (Å²) in [7, 11) is -2.26. The minimum Gasteiger partial charge on any atom is -0.495 e. The molecule has 2 aliphatic heterocycles. The lowest BCUT2D eigenvalue weighted by Crippen LogP contribution is -2.46. The lowest BCUT2D eigenvalue weighted by atomic mass is 9.99. The molecule has 1 N–H and O–H groups in total. The van der Waals surface area contributed by atoms with E-state index in [1.54, 1.807) is 12.1 Å². The number of nitrogens with zero attached hydrogens (tertiary/aromatic N) is 1. The van der Waals surface area contributed by atoms with Crippen LogP contribution in [-0.2, 0) is 19.6 Å². The van der Waals surface area contributed by atoms with Crippen LogP contribution >= 0.6 is 0 Å². The van der Waals surface area contributed by atoms with Crippen molar-refractivity contribution < 1.29 is 22.7 Å². The van der Waals surface area contributed by atoms with E-state index in [1.165, 1.54) is 11.4 Å². The van der Waals surface area contributed by atoms with Crippen molar-refractivity contribution >= 4 is 15.9 Å². The maximum absolute atomic E-state index is 13.1. The smallest absolute Gasteiger partial charge is 0.246 e. The summed E-state index contributed by atoms with van der Waals surface area (Å²) >= 11 is 0. The van der Waals surface area contributed by atoms with Crippen LogP contribution in [0.4, 0.5) is 0 Å². The molecule has 0 saturated carbocycles. The summed E-state index contributed by atoms with van der Waals surface area (Å²) in [6.45, 7) is 3.68. The summed E-state index contributed by atoms with van der Waals surface area (Å²) < 4.78 is 38.5. The quantitative estimate of drug-likeness (QED) is 0.791. The summed E-state index contributed by atoms with van der Waals surface area (Å²) in [6.07, 6.45) is 3.40. The Morgan fingerprint density at radius 3 is 2.85 bits per heavy atom. The first-order valence-corrected chi connectivity index (χ1v) is 10.9. The summed E-state index contributed by atoms with van der Waals surface area (Å²) in [4.78, 5) is 12.7. The molecule has 0 unspecified atom stereocenters. The monoisotopic (exact) mass is 396 g/mol. The van der Waals surface area contributed by atoms with Crippen LogP contribution < -0.4 is 10.1 Å². The summed E-state index contributed by atoms with van der Waals surface area (Å²) in [5, 5.41) is 2.93. The van der Waals surface area contributed by atoms with Gasteiger partial charge in [-0.05, 0) is 50.3 Å². The maximum atomic E-state index is 13.1. The van der Waals surface area contributed by atoms with E-state index < -0.39 is 10.0 Å². The number of hydrogen-bond acceptors (Lipinski definition) is 5. The van der Waals surface area contributed by atoms with Gasteiger partial charge < -0.3 is 14.8 Å². The summed E-state index contributed by atoms with van der Waals surface area (Å²) in [5.74, 6) is -0.113. The predicted molar refractivity (Wildman–Crippen MR) is 101 cm³/mol. The molecule has 0 radical (unpaired) electrons. The number of piperidine rings is 1. The van der Waals surface area contributed by atoms with Crippen molar-refractivity contribution in [3.05, 3.63) is 23.8 Å². The highest BCUT2D eigenvalue weighted by atomic mass is 32.2. The molecule has 2 fully saturated rings. The van der Waals surface area contributed by atoms with Gasteiger partial charge in [-0.3, -0.25) is 4.79 Å². The molecule has 0 bridgehead atoms. The summed E-state index contributed by atoms with van der Waals surface area (Å²) in [5.41, 5.74) is 0.845. The molecular weight excluding hydrogens is 368 g/mol. The second-order valence-electron chi connectivity index (χ2n) is 7.24. The fraction of sp³-hybridized carbons (Fsp3) is 0.632. The van der Waals surface area contributed by atoms with Crippen LogP contribution in [-0.4, -0.2) is 58.1 Å². The van der Waals surface area contributed by atoms with Gasteiger partial charge in [-0.1, -0.05) is 6.07 Å². The Balaban J connectivity index is 1.69. The van der Waals surface area contributed by atoms with Crippen LogP contribution in [0.1, 0.15) is 31.2 Å². The van der Waals surface area contributed by atoms with Crippen LogP contribution in [0.2, 0.25) is 0 Å². The van der Waals surface area contributed by atoms with Crippen molar-refractivity contribution in [2.24, 2.45) is 5.92 Å². The number of hydrogen-bond donors (Lipinski definition) is 1. The molecule has 0 spiro atoms. The highest BCUT2D eigenvalue weighted by Crippen LogP contribution is 2.30. The number of sulfonamides is 1. The second kappa shape index (κ2) is 8.58. The largest absolute Gasteiger partial charge is 0.495 e. The minimum absolute atomic E-state index is 0.0777. The Morgan fingerprint density at radius 1 is 1.33 bits per heavy atom. The molecule has 2 heterocycles. The Kier molecular flexibility index (Phi) is 6.39. The fourth-order valence-electron chi connectivity index (χ4n) is 3.66. The van der Waals surface area contributed by atoms with Gasteiger partial charge in [0.25, 0.3) is 0 Å². The highest BCUT2D eigenvalue weighted by molar-refractivity contribution is 7.89. The molecule has 0 aliphatic carbocycles. The Labute approximate surface area is 161 Å². The van der Waals surface area contributed by atoms with Crippen LogP contribution in [0.3, 0.4) is 0 Å². The van der Waals surface area contributed by atoms with Crippen LogP contribution in [0.25, 0.3) is 0 Å². The zero-order valence-corrected chi connectivity index (χ0v) is 16.8. The number of amides is 1. The molecule has 0 aromatic heterocycles. The zero-order valence-electron chi connectivity index (χ0n) is 15.9. The van der Waals surface area contributed by atoms with Crippen LogP contribution in [0.15, 0.2) is 23.1 Å². The number of ether oxygens (including phenoxy) is 2. The first-order chi connectivity index (χ1) is 12.9. The van der Waals surface area contributed by atoms with Gasteiger partial charge >= 0.3 is 0 Å². The minimum atomic E-state index is -3.72. The van der Waals surface area contributed by atoms with Gasteiger partial charge in [-0.15, -0.1) is 0 Å². The van der Waals surface area contributed by atoms with Gasteiger partial charge in [0.1, 0.15) is 10.6 Å². The molecule has 2 atom stereocenters. The van der Waals surface area contributed by atoms with Crippen LogP contribution in [0, 0.1) is 12.8 Å². The molecule has 2 saturated heterocycles. The molecule has 150 valence electrons. The number of nitrogens with one attached hydrogen (secondary N) is 1. The van der Waals surface area contributed by atoms with E-state index in [0.717, 1.165) is 25.0 Å². The molecule has 1 aromatic carbocycles. The van der Waals surface area contributed by atoms with E-state index in [9.17, 15) is 13.2 Å². The number of methoxy groups -OCH3 is 1. The number of carbonyl (C=O) groups is 1. The summed E-state index contributed by atoms with van der Waals surface area (Å²) in [6, 6.07) is 5.10. The molecular formula is C19H28N2O5S. The van der Waals surface area contributed by atoms with Crippen molar-refractivity contribution in [2.75, 3.05) is 33.4 Å². The standard InChI is InChI=1S/C19H28N2O5S/c1-14-7-8-17(25-2)18(11-14)27(23,24)21-9-3-5-15(13-21)19(22)20-12-16-6-4-10-26-16/h7-8,11,15-16H,3-6,9-10,12-13H2,1-2H3,(H,20,22)/t15-,16-/m1/s1. The van der Waals surface area contributed by atoms with Gasteiger partial charge in [-0.25, -0.2) is 8.42 Å². The maximum Gasteiger partial charge on any atom is 0.246 e. The Bertz CT molecular complexity index is 774. The first kappa shape index (κ1) is 20.1. The van der Waals surface area contributed by atoms with E-state index in [-0.39, 0.29) is 29.4 Å². The molecule has 1 amide bonds. The molecule has 27 heavy (non-hydrogen) atoms. The number of carbonyl (C=O) groups excluding carboxylic acids is 1. The SMILES string of the molecule is COc1ccc(C)cc1S(=O)(=O)N1CCC[C@@H](C(=O)NC[C@H]2CCCO2)C1. The van der Waals surface area contributed by atoms with Gasteiger partial charge in [0.15, 0.2) is 0 Å². The van der Waals surface area contributed by atoms with Crippen molar-refractivity contribution in [2.45, 2.75) is 43.6 Å². The van der Waals surface area contributed by atoms with Crippen molar-refractivity contribution in [1.29, 1.82) is 0 Å². The lowest BCUT2D eigenvalue weighted by molar-refractivity contribution is -0.126. The third-order valence-electron chi connectivity index (χ3n) is 5.22. The van der Waals surface area contributed by atoms with Crippen molar-refractivity contribution in [3.63, 3.8) is 0 Å². The number of aryl methyl sites for hydroxylation is 1. The van der Waals surface area contributed by atoms with E-state index in [2.05, 4.69) is 5.32 Å². The van der Waals surface area contributed by atoms with Gasteiger partial charge in [0.2, 0.25) is 15.9 Å². The predicted octanol–water partition coefficient (Wildman–Crippen LogP) is 1.70. The second-order valence-corrected chi connectivity index (χ2v) is 9.14. The first-order valence-electron chi connectivity index (χ1n) is 9.46.